The lowest BCUT2D eigenvalue weighted by Crippen LogP contribution is -2.37. The van der Waals surface area contributed by atoms with Gasteiger partial charge in [0.2, 0.25) is 0 Å². The molecule has 1 saturated heterocycles. The van der Waals surface area contributed by atoms with Gasteiger partial charge in [-0.1, -0.05) is 12.1 Å². The minimum Gasteiger partial charge on any atom is -0.378 e. The van der Waals surface area contributed by atoms with Crippen molar-refractivity contribution >= 4 is 38.5 Å². The summed E-state index contributed by atoms with van der Waals surface area (Å²) in [6.07, 6.45) is 3.79. The van der Waals surface area contributed by atoms with Gasteiger partial charge in [-0.15, -0.1) is 0 Å². The number of anilines is 1. The van der Waals surface area contributed by atoms with Gasteiger partial charge < -0.3 is 14.6 Å². The Morgan fingerprint density at radius 1 is 0.893 bits per heavy atom. The molecule has 138 valence electrons. The van der Waals surface area contributed by atoms with Crippen molar-refractivity contribution < 1.29 is 4.74 Å². The molecular formula is C21H18N6O. The lowest BCUT2D eigenvalue weighted by Gasteiger charge is -2.29. The van der Waals surface area contributed by atoms with Crippen molar-refractivity contribution in [3.05, 3.63) is 48.8 Å². The maximum atomic E-state index is 5.55. The fourth-order valence-electron chi connectivity index (χ4n) is 4.01. The van der Waals surface area contributed by atoms with Crippen molar-refractivity contribution in [1.29, 1.82) is 0 Å². The molecule has 1 aliphatic rings. The van der Waals surface area contributed by atoms with Gasteiger partial charge in [0.25, 0.3) is 0 Å². The van der Waals surface area contributed by atoms with E-state index in [4.69, 9.17) is 14.7 Å². The molecule has 0 amide bonds. The van der Waals surface area contributed by atoms with Crippen LogP contribution in [0.4, 0.5) is 5.82 Å². The van der Waals surface area contributed by atoms with E-state index in [1.54, 1.807) is 0 Å². The summed E-state index contributed by atoms with van der Waals surface area (Å²) in [4.78, 5) is 15.6. The SMILES string of the molecule is c1cc(-c2nc(N3CCOCC3)c3ccc4[nH]ccc4c3n2)c2cn[nH]c2c1. The van der Waals surface area contributed by atoms with Gasteiger partial charge >= 0.3 is 0 Å². The van der Waals surface area contributed by atoms with Gasteiger partial charge in [0.1, 0.15) is 5.82 Å². The fourth-order valence-corrected chi connectivity index (χ4v) is 4.01. The Bertz CT molecular complexity index is 1310. The zero-order chi connectivity index (χ0) is 18.5. The first-order valence-electron chi connectivity index (χ1n) is 9.41. The zero-order valence-electron chi connectivity index (χ0n) is 15.1. The fraction of sp³-hybridized carbons (Fsp3) is 0.190. The Hall–Kier alpha value is -3.45. The zero-order valence-corrected chi connectivity index (χ0v) is 15.1. The quantitative estimate of drug-likeness (QED) is 0.497. The topological polar surface area (TPSA) is 82.7 Å². The number of aromatic amines is 2. The van der Waals surface area contributed by atoms with E-state index in [9.17, 15) is 0 Å². The van der Waals surface area contributed by atoms with Crippen LogP contribution in [0.2, 0.25) is 0 Å². The summed E-state index contributed by atoms with van der Waals surface area (Å²) in [6.45, 7) is 3.08. The van der Waals surface area contributed by atoms with Crippen molar-refractivity contribution in [3.63, 3.8) is 0 Å². The number of hydrogen-bond acceptors (Lipinski definition) is 5. The molecule has 28 heavy (non-hydrogen) atoms. The molecule has 0 radical (unpaired) electrons. The predicted octanol–water partition coefficient (Wildman–Crippen LogP) is 3.49. The third kappa shape index (κ3) is 2.30. The number of benzene rings is 2. The number of H-pyrrole nitrogens is 2. The van der Waals surface area contributed by atoms with E-state index in [1.165, 1.54) is 0 Å². The number of aromatic nitrogens is 5. The molecule has 2 aromatic carbocycles. The molecule has 7 nitrogen and oxygen atoms in total. The van der Waals surface area contributed by atoms with Gasteiger partial charge in [0, 0.05) is 46.5 Å². The van der Waals surface area contributed by atoms with E-state index in [0.29, 0.717) is 13.2 Å². The van der Waals surface area contributed by atoms with Gasteiger partial charge in [0.05, 0.1) is 30.4 Å². The van der Waals surface area contributed by atoms with Crippen LogP contribution in [0, 0.1) is 0 Å². The first-order valence-corrected chi connectivity index (χ1v) is 9.41. The second kappa shape index (κ2) is 6.03. The number of ether oxygens (including phenoxy) is 1. The van der Waals surface area contributed by atoms with Gasteiger partial charge in [-0.2, -0.15) is 5.10 Å². The second-order valence-corrected chi connectivity index (χ2v) is 7.01. The first kappa shape index (κ1) is 15.6. The van der Waals surface area contributed by atoms with Crippen LogP contribution >= 0.6 is 0 Å². The Morgan fingerprint density at radius 2 is 1.82 bits per heavy atom. The molecule has 2 N–H and O–H groups in total. The Morgan fingerprint density at radius 3 is 2.75 bits per heavy atom. The van der Waals surface area contributed by atoms with Gasteiger partial charge in [0.15, 0.2) is 5.82 Å². The molecule has 4 heterocycles. The van der Waals surface area contributed by atoms with Crippen LogP contribution in [-0.4, -0.2) is 51.5 Å². The Balaban J connectivity index is 1.68. The molecular weight excluding hydrogens is 352 g/mol. The number of nitrogens with zero attached hydrogens (tertiary/aromatic N) is 4. The highest BCUT2D eigenvalue weighted by atomic mass is 16.5. The third-order valence-electron chi connectivity index (χ3n) is 5.41. The Kier molecular flexibility index (Phi) is 3.36. The molecule has 0 aliphatic carbocycles. The average molecular weight is 370 g/mol. The molecule has 0 spiro atoms. The van der Waals surface area contributed by atoms with Crippen LogP contribution in [0.3, 0.4) is 0 Å². The molecule has 7 heteroatoms. The van der Waals surface area contributed by atoms with Crippen molar-refractivity contribution in [3.8, 4) is 11.4 Å². The molecule has 1 aliphatic heterocycles. The normalized spacial score (nSPS) is 15.1. The van der Waals surface area contributed by atoms with Gasteiger partial charge in [-0.3, -0.25) is 5.10 Å². The lowest BCUT2D eigenvalue weighted by atomic mass is 10.1. The van der Waals surface area contributed by atoms with Crippen molar-refractivity contribution in [2.45, 2.75) is 0 Å². The number of nitrogens with one attached hydrogen (secondary N) is 2. The molecule has 0 atom stereocenters. The van der Waals surface area contributed by atoms with Crippen LogP contribution in [-0.2, 0) is 4.74 Å². The summed E-state index contributed by atoms with van der Waals surface area (Å²) < 4.78 is 5.55. The van der Waals surface area contributed by atoms with Gasteiger partial charge in [-0.05, 0) is 24.3 Å². The molecule has 1 fully saturated rings. The van der Waals surface area contributed by atoms with Crippen molar-refractivity contribution in [2.75, 3.05) is 31.2 Å². The van der Waals surface area contributed by atoms with E-state index in [-0.39, 0.29) is 0 Å². The summed E-state index contributed by atoms with van der Waals surface area (Å²) in [7, 11) is 0. The van der Waals surface area contributed by atoms with Crippen molar-refractivity contribution in [1.82, 2.24) is 25.1 Å². The maximum Gasteiger partial charge on any atom is 0.162 e. The minimum atomic E-state index is 0.713. The number of fused-ring (bicyclic) bond motifs is 4. The summed E-state index contributed by atoms with van der Waals surface area (Å²) in [5, 5.41) is 10.4. The smallest absolute Gasteiger partial charge is 0.162 e. The minimum absolute atomic E-state index is 0.713. The summed E-state index contributed by atoms with van der Waals surface area (Å²) >= 11 is 0. The van der Waals surface area contributed by atoms with E-state index < -0.39 is 0 Å². The first-order chi connectivity index (χ1) is 13.9. The van der Waals surface area contributed by atoms with Gasteiger partial charge in [-0.25, -0.2) is 9.97 Å². The van der Waals surface area contributed by atoms with Crippen LogP contribution in [0.1, 0.15) is 0 Å². The maximum absolute atomic E-state index is 5.55. The van der Waals surface area contributed by atoms with Crippen LogP contribution in [0.25, 0.3) is 44.1 Å². The summed E-state index contributed by atoms with van der Waals surface area (Å²) in [5.74, 6) is 1.68. The highest BCUT2D eigenvalue weighted by molar-refractivity contribution is 6.08. The number of morpholine rings is 1. The molecule has 0 unspecified atom stereocenters. The van der Waals surface area contributed by atoms with E-state index >= 15 is 0 Å². The molecule has 6 rings (SSSR count). The highest BCUT2D eigenvalue weighted by Gasteiger charge is 2.20. The molecule has 0 bridgehead atoms. The van der Waals surface area contributed by atoms with Crippen molar-refractivity contribution in [2.24, 2.45) is 0 Å². The van der Waals surface area contributed by atoms with Crippen LogP contribution in [0.15, 0.2) is 48.8 Å². The van der Waals surface area contributed by atoms with E-state index in [0.717, 1.165) is 63.0 Å². The molecule has 3 aromatic heterocycles. The lowest BCUT2D eigenvalue weighted by molar-refractivity contribution is 0.122. The standard InChI is InChI=1S/C21H18N6O/c1-2-13(16-12-23-26-18(16)3-1)20-24-19-14-6-7-22-17(14)5-4-15(19)21(25-20)27-8-10-28-11-9-27/h1-7,12,22H,8-11H2,(H,23,26). The monoisotopic (exact) mass is 370 g/mol. The number of rotatable bonds is 2. The summed E-state index contributed by atoms with van der Waals surface area (Å²) in [6, 6.07) is 12.4. The predicted molar refractivity (Wildman–Crippen MR) is 110 cm³/mol. The second-order valence-electron chi connectivity index (χ2n) is 7.01. The van der Waals surface area contributed by atoms with Crippen LogP contribution < -0.4 is 4.90 Å². The Labute approximate surface area is 160 Å². The van der Waals surface area contributed by atoms with E-state index in [1.807, 2.05) is 24.5 Å². The molecule has 0 saturated carbocycles. The largest absolute Gasteiger partial charge is 0.378 e. The summed E-state index contributed by atoms with van der Waals surface area (Å²) in [5.41, 5.74) is 4.00. The third-order valence-corrected chi connectivity index (χ3v) is 5.41. The van der Waals surface area contributed by atoms with E-state index in [2.05, 4.69) is 44.3 Å². The molecule has 5 aromatic rings. The highest BCUT2D eigenvalue weighted by Crippen LogP contribution is 2.34. The average Bonchev–Trinajstić information content (AvgIpc) is 3.42. The van der Waals surface area contributed by atoms with Crippen LogP contribution in [0.5, 0.6) is 0 Å². The number of hydrogen-bond donors (Lipinski definition) is 2.